The van der Waals surface area contributed by atoms with Crippen molar-refractivity contribution in [3.63, 3.8) is 0 Å². The third-order valence-electron chi connectivity index (χ3n) is 6.40. The Kier molecular flexibility index (Phi) is 19.4. The zero-order chi connectivity index (χ0) is 24.6. The summed E-state index contributed by atoms with van der Waals surface area (Å²) in [6, 6.07) is 5.86. The Morgan fingerprint density at radius 1 is 0.647 bits per heavy atom. The number of nitrogens with zero attached hydrogens (tertiary/aromatic N) is 1. The van der Waals surface area contributed by atoms with E-state index in [1.807, 2.05) is 30.6 Å². The standard InChI is InChI=1S/C24H45NO6P2.HI/c1-2-3-4-5-6-7-8-9-10-11-13-16-23(19-22-25-20-14-12-15-21-25)17-18-24(32(26,27)28)33(29,30)31;/h12,14-15,20-21,23-24H,2-11,13,16-19,22H2,1H3,(H3-,26,27,28,29,30,31);1H. The first-order valence-electron chi connectivity index (χ1n) is 12.7. The van der Waals surface area contributed by atoms with Gasteiger partial charge in [-0.3, -0.25) is 9.13 Å². The van der Waals surface area contributed by atoms with Gasteiger partial charge >= 0.3 is 15.2 Å². The molecule has 1 aromatic rings. The van der Waals surface area contributed by atoms with E-state index < -0.39 is 20.6 Å². The first kappa shape index (κ1) is 34.2. The Balaban J connectivity index is 0.0000109. The highest BCUT2D eigenvalue weighted by Gasteiger charge is 2.43. The van der Waals surface area contributed by atoms with E-state index in [0.717, 1.165) is 32.2 Å². The van der Waals surface area contributed by atoms with Gasteiger partial charge in [-0.1, -0.05) is 90.0 Å². The van der Waals surface area contributed by atoms with Crippen molar-refractivity contribution >= 4 is 15.2 Å². The van der Waals surface area contributed by atoms with E-state index in [1.165, 1.54) is 57.8 Å². The average Bonchev–Trinajstić information content (AvgIpc) is 2.74. The van der Waals surface area contributed by atoms with Crippen molar-refractivity contribution in [3.05, 3.63) is 30.6 Å². The van der Waals surface area contributed by atoms with Crippen molar-refractivity contribution in [2.75, 3.05) is 0 Å². The van der Waals surface area contributed by atoms with Gasteiger partial charge in [-0.15, -0.1) is 0 Å². The minimum Gasteiger partial charge on any atom is -1.00 e. The lowest BCUT2D eigenvalue weighted by Gasteiger charge is -2.22. The predicted octanol–water partition coefficient (Wildman–Crippen LogP) is 3.15. The molecule has 1 aromatic heterocycles. The summed E-state index contributed by atoms with van der Waals surface area (Å²) in [6.45, 7) is 3.01. The first-order chi connectivity index (χ1) is 15.6. The van der Waals surface area contributed by atoms with Gasteiger partial charge < -0.3 is 43.6 Å². The topological polar surface area (TPSA) is 119 Å². The fourth-order valence-electron chi connectivity index (χ4n) is 4.36. The average molecular weight is 633 g/mol. The Morgan fingerprint density at radius 2 is 1.12 bits per heavy atom. The SMILES string of the molecule is CCCCCCCCCCCCCC(CCC(P(=O)(O)O)P(=O)(O)O)CC[n+]1ccccc1.[I-]. The number of rotatable bonds is 20. The number of hydrogen-bond donors (Lipinski definition) is 4. The van der Waals surface area contributed by atoms with Crippen LogP contribution in [0.5, 0.6) is 0 Å². The van der Waals surface area contributed by atoms with E-state index >= 15 is 0 Å². The molecule has 34 heavy (non-hydrogen) atoms. The van der Waals surface area contributed by atoms with Gasteiger partial charge in [0.2, 0.25) is 0 Å². The second-order valence-electron chi connectivity index (χ2n) is 9.33. The van der Waals surface area contributed by atoms with Crippen molar-refractivity contribution in [2.45, 2.75) is 115 Å². The Morgan fingerprint density at radius 3 is 1.59 bits per heavy atom. The van der Waals surface area contributed by atoms with Crippen molar-refractivity contribution in [1.82, 2.24) is 0 Å². The molecule has 7 nitrogen and oxygen atoms in total. The normalized spacial score (nSPS) is 13.1. The zero-order valence-electron chi connectivity index (χ0n) is 20.7. The molecule has 0 saturated carbocycles. The van der Waals surface area contributed by atoms with Gasteiger partial charge in [0.25, 0.3) is 0 Å². The summed E-state index contributed by atoms with van der Waals surface area (Å²) >= 11 is 0. The summed E-state index contributed by atoms with van der Waals surface area (Å²) in [7, 11) is -9.71. The van der Waals surface area contributed by atoms with Crippen LogP contribution >= 0.6 is 15.2 Å². The van der Waals surface area contributed by atoms with Crippen LogP contribution < -0.4 is 28.5 Å². The molecule has 0 bridgehead atoms. The Labute approximate surface area is 223 Å². The van der Waals surface area contributed by atoms with Crippen molar-refractivity contribution in [1.29, 1.82) is 0 Å². The minimum atomic E-state index is -4.86. The number of aromatic nitrogens is 1. The molecule has 0 aliphatic heterocycles. The largest absolute Gasteiger partial charge is 1.00 e. The van der Waals surface area contributed by atoms with Crippen LogP contribution in [0.15, 0.2) is 30.6 Å². The summed E-state index contributed by atoms with van der Waals surface area (Å²) in [4.78, 5) is 37.7. The highest BCUT2D eigenvalue weighted by molar-refractivity contribution is 7.70. The first-order valence-corrected chi connectivity index (χ1v) is 16.1. The molecule has 0 aliphatic carbocycles. The maximum Gasteiger partial charge on any atom is 0.340 e. The summed E-state index contributed by atoms with van der Waals surface area (Å²) < 4.78 is 25.3. The smallest absolute Gasteiger partial charge is 0.340 e. The van der Waals surface area contributed by atoms with Gasteiger partial charge in [0.05, 0.1) is 0 Å². The van der Waals surface area contributed by atoms with E-state index in [1.54, 1.807) is 0 Å². The Bertz CT molecular complexity index is 691. The highest BCUT2D eigenvalue weighted by Crippen LogP contribution is 2.61. The van der Waals surface area contributed by atoms with Gasteiger partial charge in [-0.2, -0.15) is 0 Å². The number of halogens is 1. The maximum atomic E-state index is 11.6. The molecule has 0 aliphatic rings. The summed E-state index contributed by atoms with van der Waals surface area (Å²) in [5.74, 6) is 0.178. The molecule has 10 heteroatoms. The van der Waals surface area contributed by atoms with Crippen LogP contribution in [0, 0.1) is 5.92 Å². The van der Waals surface area contributed by atoms with E-state index in [0.29, 0.717) is 6.42 Å². The zero-order valence-corrected chi connectivity index (χ0v) is 24.6. The quantitative estimate of drug-likeness (QED) is 0.0759. The molecule has 0 saturated heterocycles. The summed E-state index contributed by atoms with van der Waals surface area (Å²) in [5.41, 5.74) is 0. The third kappa shape index (κ3) is 16.8. The van der Waals surface area contributed by atoms with Gasteiger partial charge in [0.15, 0.2) is 17.8 Å². The fourth-order valence-corrected chi connectivity index (χ4v) is 6.90. The number of hydrogen-bond acceptors (Lipinski definition) is 2. The molecule has 0 spiro atoms. The second-order valence-corrected chi connectivity index (χ2v) is 13.3. The summed E-state index contributed by atoms with van der Waals surface area (Å²) in [6.07, 6.45) is 19.8. The van der Waals surface area contributed by atoms with Gasteiger partial charge in [-0.25, -0.2) is 4.57 Å². The molecule has 0 amide bonds. The van der Waals surface area contributed by atoms with Crippen molar-refractivity contribution in [2.24, 2.45) is 5.92 Å². The van der Waals surface area contributed by atoms with Crippen LogP contribution in [0.1, 0.15) is 103 Å². The van der Waals surface area contributed by atoms with E-state index in [9.17, 15) is 28.7 Å². The monoisotopic (exact) mass is 633 g/mol. The second kappa shape index (κ2) is 19.3. The lowest BCUT2D eigenvalue weighted by molar-refractivity contribution is -0.698. The molecule has 1 unspecified atom stereocenters. The van der Waals surface area contributed by atoms with E-state index in [4.69, 9.17) is 0 Å². The van der Waals surface area contributed by atoms with Crippen LogP contribution in [-0.4, -0.2) is 25.0 Å². The van der Waals surface area contributed by atoms with Crippen molar-refractivity contribution < 1.29 is 57.2 Å². The molecule has 1 atom stereocenters. The third-order valence-corrected chi connectivity index (χ3v) is 10.3. The van der Waals surface area contributed by atoms with Crippen LogP contribution in [0.3, 0.4) is 0 Å². The molecule has 1 heterocycles. The molecule has 200 valence electrons. The van der Waals surface area contributed by atoms with Crippen LogP contribution in [0.2, 0.25) is 0 Å². The number of unbranched alkanes of at least 4 members (excludes halogenated alkanes) is 10. The minimum absolute atomic E-state index is 0. The lowest BCUT2D eigenvalue weighted by Crippen LogP contribution is -3.00. The van der Waals surface area contributed by atoms with Crippen LogP contribution in [0.25, 0.3) is 0 Å². The molecule has 4 N–H and O–H groups in total. The number of pyridine rings is 1. The van der Waals surface area contributed by atoms with E-state index in [-0.39, 0.29) is 36.3 Å². The van der Waals surface area contributed by atoms with Crippen LogP contribution in [-0.2, 0) is 15.7 Å². The summed E-state index contributed by atoms with van der Waals surface area (Å²) in [5, 5.41) is -1.89. The van der Waals surface area contributed by atoms with Crippen LogP contribution in [0.4, 0.5) is 0 Å². The highest BCUT2D eigenvalue weighted by atomic mass is 127. The molecule has 0 radical (unpaired) electrons. The molecular formula is C24H46INO6P2. The fraction of sp³-hybridized carbons (Fsp3) is 0.792. The molecule has 0 fully saturated rings. The van der Waals surface area contributed by atoms with Gasteiger partial charge in [0.1, 0.15) is 6.54 Å². The van der Waals surface area contributed by atoms with Gasteiger partial charge in [0, 0.05) is 18.6 Å². The maximum absolute atomic E-state index is 11.6. The molecule has 0 aromatic carbocycles. The predicted molar refractivity (Wildman–Crippen MR) is 133 cm³/mol. The number of aryl methyl sites for hydroxylation is 1. The molecular weight excluding hydrogens is 587 g/mol. The lowest BCUT2D eigenvalue weighted by atomic mass is 9.92. The van der Waals surface area contributed by atoms with Gasteiger partial charge in [-0.05, 0) is 18.8 Å². The van der Waals surface area contributed by atoms with Crippen molar-refractivity contribution in [3.8, 4) is 0 Å². The van der Waals surface area contributed by atoms with E-state index in [2.05, 4.69) is 11.5 Å². The Hall–Kier alpha value is 0.180. The molecule has 1 rings (SSSR count).